The summed E-state index contributed by atoms with van der Waals surface area (Å²) in [6, 6.07) is 3.73. The highest BCUT2D eigenvalue weighted by molar-refractivity contribution is 7.89. The summed E-state index contributed by atoms with van der Waals surface area (Å²) in [6.07, 6.45) is 5.09. The first-order chi connectivity index (χ1) is 9.88. The van der Waals surface area contributed by atoms with Crippen molar-refractivity contribution in [2.24, 2.45) is 0 Å². The van der Waals surface area contributed by atoms with E-state index >= 15 is 0 Å². The van der Waals surface area contributed by atoms with Gasteiger partial charge in [-0.3, -0.25) is 10.1 Å². The summed E-state index contributed by atoms with van der Waals surface area (Å²) in [7, 11) is -3.73. The molecular weight excluding hydrogens is 294 g/mol. The molecule has 0 amide bonds. The van der Waals surface area contributed by atoms with Gasteiger partial charge in [-0.05, 0) is 12.1 Å². The van der Waals surface area contributed by atoms with Crippen LogP contribution in [0.5, 0.6) is 0 Å². The van der Waals surface area contributed by atoms with Gasteiger partial charge in [0.2, 0.25) is 10.0 Å². The predicted octanol–water partition coefficient (Wildman–Crippen LogP) is 1.67. The fourth-order valence-corrected chi connectivity index (χ4v) is 3.31. The van der Waals surface area contributed by atoms with Crippen molar-refractivity contribution in [3.05, 3.63) is 28.3 Å². The minimum absolute atomic E-state index is 0.107. The molecule has 1 N–H and O–H groups in total. The van der Waals surface area contributed by atoms with Crippen molar-refractivity contribution in [2.75, 3.05) is 25.0 Å². The van der Waals surface area contributed by atoms with Crippen LogP contribution in [0.15, 0.2) is 23.1 Å². The highest BCUT2D eigenvalue weighted by Crippen LogP contribution is 2.28. The van der Waals surface area contributed by atoms with E-state index in [9.17, 15) is 18.5 Å². The number of nitro groups is 1. The Morgan fingerprint density at radius 3 is 2.48 bits per heavy atom. The zero-order valence-electron chi connectivity index (χ0n) is 11.9. The van der Waals surface area contributed by atoms with Crippen LogP contribution in [0.4, 0.5) is 11.4 Å². The van der Waals surface area contributed by atoms with Crippen molar-refractivity contribution in [1.29, 1.82) is 0 Å². The molecule has 0 spiro atoms. The lowest BCUT2D eigenvalue weighted by molar-refractivity contribution is -0.384. The van der Waals surface area contributed by atoms with E-state index in [1.54, 1.807) is 13.8 Å². The second-order valence-corrected chi connectivity index (χ2v) is 6.02. The molecule has 1 rings (SSSR count). The molecule has 0 aliphatic heterocycles. The van der Waals surface area contributed by atoms with Crippen molar-refractivity contribution >= 4 is 21.4 Å². The highest BCUT2D eigenvalue weighted by atomic mass is 32.2. The molecule has 8 heteroatoms. The van der Waals surface area contributed by atoms with E-state index in [1.807, 2.05) is 0 Å². The average Bonchev–Trinajstić information content (AvgIpc) is 2.45. The van der Waals surface area contributed by atoms with Gasteiger partial charge in [0.15, 0.2) is 0 Å². The topological polar surface area (TPSA) is 92.6 Å². The summed E-state index contributed by atoms with van der Waals surface area (Å²) in [5, 5.41) is 13.8. The molecule has 0 aliphatic rings. The normalized spacial score (nSPS) is 11.1. The Morgan fingerprint density at radius 2 is 2.00 bits per heavy atom. The van der Waals surface area contributed by atoms with Gasteiger partial charge in [0.05, 0.1) is 16.4 Å². The van der Waals surface area contributed by atoms with Crippen LogP contribution in [0.25, 0.3) is 0 Å². The number of nitrogens with zero attached hydrogens (tertiary/aromatic N) is 2. The molecule has 0 aliphatic carbocycles. The van der Waals surface area contributed by atoms with Crippen molar-refractivity contribution in [3.8, 4) is 12.3 Å². The summed E-state index contributed by atoms with van der Waals surface area (Å²) in [5.41, 5.74) is -0.130. The van der Waals surface area contributed by atoms with Crippen LogP contribution in [0.3, 0.4) is 0 Å². The SMILES string of the molecule is C#CCNc1ccc(S(=O)(=O)N(CC)CC)cc1[N+](=O)[O-]. The van der Waals surface area contributed by atoms with Gasteiger partial charge in [-0.25, -0.2) is 8.42 Å². The first-order valence-corrected chi connectivity index (χ1v) is 7.78. The molecule has 0 radical (unpaired) electrons. The molecule has 1 aromatic rings. The molecule has 0 aromatic heterocycles. The van der Waals surface area contributed by atoms with Crippen molar-refractivity contribution in [1.82, 2.24) is 4.31 Å². The summed E-state index contributed by atoms with van der Waals surface area (Å²) >= 11 is 0. The molecule has 0 atom stereocenters. The van der Waals surface area contributed by atoms with Gasteiger partial charge in [0.25, 0.3) is 5.69 Å². The monoisotopic (exact) mass is 311 g/mol. The van der Waals surface area contributed by atoms with E-state index in [0.717, 1.165) is 6.07 Å². The van der Waals surface area contributed by atoms with E-state index < -0.39 is 14.9 Å². The quantitative estimate of drug-likeness (QED) is 0.470. The fraction of sp³-hybridized carbons (Fsp3) is 0.385. The Labute approximate surface area is 124 Å². The third kappa shape index (κ3) is 3.71. The Morgan fingerprint density at radius 1 is 1.38 bits per heavy atom. The van der Waals surface area contributed by atoms with Gasteiger partial charge >= 0.3 is 0 Å². The lowest BCUT2D eigenvalue weighted by atomic mass is 10.2. The highest BCUT2D eigenvalue weighted by Gasteiger charge is 2.25. The number of sulfonamides is 1. The zero-order valence-corrected chi connectivity index (χ0v) is 12.7. The first-order valence-electron chi connectivity index (χ1n) is 6.34. The Bertz CT molecular complexity index is 660. The third-order valence-corrected chi connectivity index (χ3v) is 4.94. The number of anilines is 1. The molecule has 0 saturated heterocycles. The van der Waals surface area contributed by atoms with E-state index in [-0.39, 0.29) is 22.8 Å². The molecule has 0 fully saturated rings. The molecule has 0 bridgehead atoms. The molecule has 114 valence electrons. The molecule has 7 nitrogen and oxygen atoms in total. The number of benzene rings is 1. The van der Waals surface area contributed by atoms with Crippen molar-refractivity contribution in [2.45, 2.75) is 18.7 Å². The smallest absolute Gasteiger partial charge is 0.293 e. The summed E-state index contributed by atoms with van der Waals surface area (Å²) in [6.45, 7) is 4.12. The first kappa shape index (κ1) is 16.9. The minimum Gasteiger partial charge on any atom is -0.369 e. The third-order valence-electron chi connectivity index (χ3n) is 2.89. The van der Waals surface area contributed by atoms with E-state index in [1.165, 1.54) is 16.4 Å². The summed E-state index contributed by atoms with van der Waals surface area (Å²) < 4.78 is 25.9. The number of nitro benzene ring substituents is 1. The van der Waals surface area contributed by atoms with Crippen LogP contribution in [0.1, 0.15) is 13.8 Å². The van der Waals surface area contributed by atoms with Gasteiger partial charge in [-0.15, -0.1) is 6.42 Å². The van der Waals surface area contributed by atoms with E-state index in [0.29, 0.717) is 13.1 Å². The maximum absolute atomic E-state index is 12.3. The van der Waals surface area contributed by atoms with Crippen LogP contribution in [0, 0.1) is 22.5 Å². The van der Waals surface area contributed by atoms with Gasteiger partial charge < -0.3 is 5.32 Å². The van der Waals surface area contributed by atoms with Gasteiger partial charge in [0.1, 0.15) is 5.69 Å². The van der Waals surface area contributed by atoms with Crippen molar-refractivity contribution in [3.63, 3.8) is 0 Å². The van der Waals surface area contributed by atoms with Crippen LogP contribution < -0.4 is 5.32 Å². The lowest BCUT2D eigenvalue weighted by Crippen LogP contribution is -2.30. The van der Waals surface area contributed by atoms with Crippen LogP contribution in [-0.4, -0.2) is 37.3 Å². The number of hydrogen-bond acceptors (Lipinski definition) is 5. The molecule has 0 saturated carbocycles. The number of rotatable bonds is 7. The molecule has 0 heterocycles. The molecule has 0 unspecified atom stereocenters. The predicted molar refractivity (Wildman–Crippen MR) is 80.5 cm³/mol. The van der Waals surface area contributed by atoms with Crippen LogP contribution in [0.2, 0.25) is 0 Å². The standard InChI is InChI=1S/C13H17N3O4S/c1-4-9-14-12-8-7-11(10-13(12)16(17)18)21(19,20)15(5-2)6-3/h1,7-8,10,14H,5-6,9H2,2-3H3. The summed E-state index contributed by atoms with van der Waals surface area (Å²) in [4.78, 5) is 10.3. The Balaban J connectivity index is 3.32. The minimum atomic E-state index is -3.73. The molecule has 1 aromatic carbocycles. The van der Waals surface area contributed by atoms with Crippen LogP contribution in [-0.2, 0) is 10.0 Å². The average molecular weight is 311 g/mol. The Kier molecular flexibility index (Phi) is 5.69. The summed E-state index contributed by atoms with van der Waals surface area (Å²) in [5.74, 6) is 2.30. The number of nitrogens with one attached hydrogen (secondary N) is 1. The second kappa shape index (κ2) is 7.06. The zero-order chi connectivity index (χ0) is 16.0. The largest absolute Gasteiger partial charge is 0.369 e. The van der Waals surface area contributed by atoms with Gasteiger partial charge in [-0.2, -0.15) is 4.31 Å². The van der Waals surface area contributed by atoms with E-state index in [2.05, 4.69) is 11.2 Å². The fourth-order valence-electron chi connectivity index (χ4n) is 1.83. The maximum Gasteiger partial charge on any atom is 0.293 e. The maximum atomic E-state index is 12.3. The van der Waals surface area contributed by atoms with E-state index in [4.69, 9.17) is 6.42 Å². The van der Waals surface area contributed by atoms with Gasteiger partial charge in [-0.1, -0.05) is 19.8 Å². The Hall–Kier alpha value is -2.11. The number of hydrogen-bond donors (Lipinski definition) is 1. The lowest BCUT2D eigenvalue weighted by Gasteiger charge is -2.18. The van der Waals surface area contributed by atoms with Crippen molar-refractivity contribution < 1.29 is 13.3 Å². The van der Waals surface area contributed by atoms with Crippen LogP contribution >= 0.6 is 0 Å². The second-order valence-electron chi connectivity index (χ2n) is 4.08. The van der Waals surface area contributed by atoms with Gasteiger partial charge in [0, 0.05) is 19.2 Å². The molecular formula is C13H17N3O4S. The number of terminal acetylenes is 1. The molecule has 21 heavy (non-hydrogen) atoms.